The maximum atomic E-state index is 12.5. The SMILES string of the molecule is O=C(c1cccc(S(=O)(=O)Nc2ccccc2)c1)N1CCOCC1. The Bertz CT molecular complexity index is 815. The van der Waals surface area contributed by atoms with Crippen LogP contribution in [-0.4, -0.2) is 45.5 Å². The summed E-state index contributed by atoms with van der Waals surface area (Å²) < 4.78 is 32.7. The molecule has 1 saturated heterocycles. The van der Waals surface area contributed by atoms with Crippen molar-refractivity contribution in [2.24, 2.45) is 0 Å². The molecule has 0 atom stereocenters. The first-order valence-electron chi connectivity index (χ1n) is 7.61. The van der Waals surface area contributed by atoms with E-state index in [4.69, 9.17) is 4.74 Å². The number of benzene rings is 2. The maximum absolute atomic E-state index is 12.5. The number of carbonyl (C=O) groups is 1. The summed E-state index contributed by atoms with van der Waals surface area (Å²) in [5.74, 6) is -0.185. The summed E-state index contributed by atoms with van der Waals surface area (Å²) in [4.78, 5) is 14.2. The van der Waals surface area contributed by atoms with E-state index in [1.165, 1.54) is 12.1 Å². The third-order valence-corrected chi connectivity index (χ3v) is 5.09. The van der Waals surface area contributed by atoms with Crippen molar-refractivity contribution in [3.8, 4) is 0 Å². The zero-order chi connectivity index (χ0) is 17.0. The Hall–Kier alpha value is -2.38. The molecule has 0 saturated carbocycles. The molecule has 3 rings (SSSR count). The lowest BCUT2D eigenvalue weighted by Gasteiger charge is -2.27. The first kappa shape index (κ1) is 16.5. The van der Waals surface area contributed by atoms with E-state index in [0.29, 0.717) is 37.6 Å². The molecule has 0 bridgehead atoms. The molecular formula is C17H18N2O4S. The number of morpholine rings is 1. The lowest BCUT2D eigenvalue weighted by molar-refractivity contribution is 0.0302. The fourth-order valence-corrected chi connectivity index (χ4v) is 3.57. The summed E-state index contributed by atoms with van der Waals surface area (Å²) in [5, 5.41) is 0. The molecular weight excluding hydrogens is 328 g/mol. The van der Waals surface area contributed by atoms with Crippen LogP contribution in [0.4, 0.5) is 5.69 Å². The summed E-state index contributed by atoms with van der Waals surface area (Å²) in [6.07, 6.45) is 0. The number of nitrogens with zero attached hydrogens (tertiary/aromatic N) is 1. The van der Waals surface area contributed by atoms with Gasteiger partial charge in [0.05, 0.1) is 18.1 Å². The summed E-state index contributed by atoms with van der Waals surface area (Å²) in [6, 6.07) is 14.7. The molecule has 1 aliphatic rings. The average Bonchev–Trinajstić information content (AvgIpc) is 2.62. The van der Waals surface area contributed by atoms with Crippen LogP contribution < -0.4 is 4.72 Å². The highest BCUT2D eigenvalue weighted by Crippen LogP contribution is 2.18. The van der Waals surface area contributed by atoms with Crippen LogP contribution in [0.15, 0.2) is 59.5 Å². The Morgan fingerprint density at radius 3 is 2.42 bits per heavy atom. The van der Waals surface area contributed by atoms with E-state index in [2.05, 4.69) is 4.72 Å². The number of anilines is 1. The van der Waals surface area contributed by atoms with Gasteiger partial charge in [-0.1, -0.05) is 24.3 Å². The monoisotopic (exact) mass is 346 g/mol. The zero-order valence-electron chi connectivity index (χ0n) is 13.0. The second kappa shape index (κ2) is 7.02. The topological polar surface area (TPSA) is 75.7 Å². The molecule has 24 heavy (non-hydrogen) atoms. The van der Waals surface area contributed by atoms with E-state index >= 15 is 0 Å². The Kier molecular flexibility index (Phi) is 4.82. The Balaban J connectivity index is 1.83. The molecule has 1 amide bonds. The molecule has 0 aromatic heterocycles. The molecule has 0 spiro atoms. The summed E-state index contributed by atoms with van der Waals surface area (Å²) >= 11 is 0. The van der Waals surface area contributed by atoms with Crippen LogP contribution in [0.2, 0.25) is 0 Å². The van der Waals surface area contributed by atoms with Crippen molar-refractivity contribution in [3.05, 3.63) is 60.2 Å². The smallest absolute Gasteiger partial charge is 0.261 e. The van der Waals surface area contributed by atoms with Crippen LogP contribution in [0.3, 0.4) is 0 Å². The molecule has 7 heteroatoms. The maximum Gasteiger partial charge on any atom is 0.261 e. The number of hydrogen-bond donors (Lipinski definition) is 1. The molecule has 1 aliphatic heterocycles. The van der Waals surface area contributed by atoms with Crippen LogP contribution in [-0.2, 0) is 14.8 Å². The van der Waals surface area contributed by atoms with Crippen LogP contribution >= 0.6 is 0 Å². The molecule has 1 heterocycles. The van der Waals surface area contributed by atoms with Crippen LogP contribution in [0, 0.1) is 0 Å². The fourth-order valence-electron chi connectivity index (χ4n) is 2.47. The molecule has 6 nitrogen and oxygen atoms in total. The van der Waals surface area contributed by atoms with Gasteiger partial charge in [-0.25, -0.2) is 8.42 Å². The van der Waals surface area contributed by atoms with Gasteiger partial charge in [-0.2, -0.15) is 0 Å². The van der Waals surface area contributed by atoms with Gasteiger partial charge in [0.1, 0.15) is 0 Å². The quantitative estimate of drug-likeness (QED) is 0.918. The van der Waals surface area contributed by atoms with Crippen molar-refractivity contribution >= 4 is 21.6 Å². The van der Waals surface area contributed by atoms with Gasteiger partial charge in [-0.3, -0.25) is 9.52 Å². The van der Waals surface area contributed by atoms with Crippen molar-refractivity contribution < 1.29 is 17.9 Å². The van der Waals surface area contributed by atoms with E-state index in [-0.39, 0.29) is 10.8 Å². The zero-order valence-corrected chi connectivity index (χ0v) is 13.8. The average molecular weight is 346 g/mol. The minimum atomic E-state index is -3.75. The minimum absolute atomic E-state index is 0.0606. The molecule has 126 valence electrons. The van der Waals surface area contributed by atoms with Gasteiger partial charge in [0, 0.05) is 24.3 Å². The van der Waals surface area contributed by atoms with Gasteiger partial charge < -0.3 is 9.64 Å². The first-order chi connectivity index (χ1) is 11.6. The van der Waals surface area contributed by atoms with Crippen LogP contribution in [0.1, 0.15) is 10.4 Å². The highest BCUT2D eigenvalue weighted by Gasteiger charge is 2.21. The van der Waals surface area contributed by atoms with Crippen molar-refractivity contribution in [2.75, 3.05) is 31.0 Å². The lowest BCUT2D eigenvalue weighted by Crippen LogP contribution is -2.40. The molecule has 0 radical (unpaired) electrons. The molecule has 2 aromatic carbocycles. The Labute approximate surface area is 141 Å². The summed E-state index contributed by atoms with van der Waals surface area (Å²) in [7, 11) is -3.75. The van der Waals surface area contributed by atoms with Gasteiger partial charge in [0.2, 0.25) is 0 Å². The Morgan fingerprint density at radius 1 is 1.00 bits per heavy atom. The molecule has 1 fully saturated rings. The molecule has 0 unspecified atom stereocenters. The highest BCUT2D eigenvalue weighted by atomic mass is 32.2. The molecule has 1 N–H and O–H groups in total. The lowest BCUT2D eigenvalue weighted by atomic mass is 10.2. The Morgan fingerprint density at radius 2 is 1.71 bits per heavy atom. The third kappa shape index (κ3) is 3.74. The molecule has 2 aromatic rings. The van der Waals surface area contributed by atoms with E-state index in [0.717, 1.165) is 0 Å². The number of rotatable bonds is 4. The number of hydrogen-bond acceptors (Lipinski definition) is 4. The predicted molar refractivity (Wildman–Crippen MR) is 90.4 cm³/mol. The highest BCUT2D eigenvalue weighted by molar-refractivity contribution is 7.92. The number of sulfonamides is 1. The van der Waals surface area contributed by atoms with E-state index in [9.17, 15) is 13.2 Å². The number of nitrogens with one attached hydrogen (secondary N) is 1. The van der Waals surface area contributed by atoms with E-state index in [1.54, 1.807) is 47.4 Å². The van der Waals surface area contributed by atoms with E-state index < -0.39 is 10.0 Å². The van der Waals surface area contributed by atoms with E-state index in [1.807, 2.05) is 0 Å². The van der Waals surface area contributed by atoms with Crippen molar-refractivity contribution in [1.82, 2.24) is 4.90 Å². The second-order valence-corrected chi connectivity index (χ2v) is 7.09. The van der Waals surface area contributed by atoms with Gasteiger partial charge in [-0.05, 0) is 30.3 Å². The number of carbonyl (C=O) groups excluding carboxylic acids is 1. The predicted octanol–water partition coefficient (Wildman–Crippen LogP) is 1.96. The normalized spacial score (nSPS) is 15.1. The standard InChI is InChI=1S/C17H18N2O4S/c20-17(19-9-11-23-12-10-19)14-5-4-8-16(13-14)24(21,22)18-15-6-2-1-3-7-15/h1-8,13,18H,9-12H2. The van der Waals surface area contributed by atoms with Gasteiger partial charge in [0.25, 0.3) is 15.9 Å². The van der Waals surface area contributed by atoms with Crippen LogP contribution in [0.5, 0.6) is 0 Å². The van der Waals surface area contributed by atoms with Gasteiger partial charge in [-0.15, -0.1) is 0 Å². The number of amides is 1. The van der Waals surface area contributed by atoms with Gasteiger partial charge in [0.15, 0.2) is 0 Å². The summed E-state index contributed by atoms with van der Waals surface area (Å²) in [6.45, 7) is 2.02. The van der Waals surface area contributed by atoms with Crippen molar-refractivity contribution in [3.63, 3.8) is 0 Å². The summed E-state index contributed by atoms with van der Waals surface area (Å²) in [5.41, 5.74) is 0.829. The van der Waals surface area contributed by atoms with Gasteiger partial charge >= 0.3 is 0 Å². The minimum Gasteiger partial charge on any atom is -0.378 e. The number of ether oxygens (including phenoxy) is 1. The third-order valence-electron chi connectivity index (χ3n) is 3.72. The second-order valence-electron chi connectivity index (χ2n) is 5.40. The van der Waals surface area contributed by atoms with Crippen molar-refractivity contribution in [2.45, 2.75) is 4.90 Å². The van der Waals surface area contributed by atoms with Crippen LogP contribution in [0.25, 0.3) is 0 Å². The number of para-hydroxylation sites is 1. The largest absolute Gasteiger partial charge is 0.378 e. The molecule has 0 aliphatic carbocycles. The van der Waals surface area contributed by atoms with Crippen molar-refractivity contribution in [1.29, 1.82) is 0 Å². The fraction of sp³-hybridized carbons (Fsp3) is 0.235. The first-order valence-corrected chi connectivity index (χ1v) is 9.09.